The molecule has 0 aliphatic carbocycles. The predicted molar refractivity (Wildman–Crippen MR) is 63.8 cm³/mol. The van der Waals surface area contributed by atoms with E-state index >= 15 is 0 Å². The Morgan fingerprint density at radius 1 is 1.59 bits per heavy atom. The summed E-state index contributed by atoms with van der Waals surface area (Å²) < 4.78 is 0. The number of hydrogen-bond acceptors (Lipinski definition) is 4. The van der Waals surface area contributed by atoms with E-state index in [1.807, 2.05) is 0 Å². The van der Waals surface area contributed by atoms with Gasteiger partial charge in [0.25, 0.3) is 11.6 Å². The summed E-state index contributed by atoms with van der Waals surface area (Å²) in [4.78, 5) is 21.9. The Balaban J connectivity index is 2.90. The van der Waals surface area contributed by atoms with Gasteiger partial charge < -0.3 is 11.1 Å². The summed E-state index contributed by atoms with van der Waals surface area (Å²) in [5.74, 6) is -0.277. The van der Waals surface area contributed by atoms with Crippen LogP contribution in [-0.2, 0) is 0 Å². The molecular formula is C11H15N3O3. The summed E-state index contributed by atoms with van der Waals surface area (Å²) in [6.45, 7) is 3.73. The molecule has 17 heavy (non-hydrogen) atoms. The first-order chi connectivity index (χ1) is 7.95. The molecule has 1 rings (SSSR count). The number of rotatable bonds is 4. The molecule has 1 aromatic carbocycles. The molecule has 92 valence electrons. The van der Waals surface area contributed by atoms with Crippen molar-refractivity contribution in [3.8, 4) is 0 Å². The fourth-order valence-corrected chi connectivity index (χ4v) is 1.37. The van der Waals surface area contributed by atoms with E-state index in [0.717, 1.165) is 0 Å². The number of aryl methyl sites for hydroxylation is 1. The molecule has 1 atom stereocenters. The van der Waals surface area contributed by atoms with Crippen molar-refractivity contribution in [2.75, 3.05) is 6.54 Å². The van der Waals surface area contributed by atoms with Gasteiger partial charge in [0, 0.05) is 29.8 Å². The van der Waals surface area contributed by atoms with Gasteiger partial charge in [0.15, 0.2) is 0 Å². The van der Waals surface area contributed by atoms with E-state index in [2.05, 4.69) is 5.32 Å². The van der Waals surface area contributed by atoms with Crippen molar-refractivity contribution in [3.05, 3.63) is 39.4 Å². The van der Waals surface area contributed by atoms with Crippen molar-refractivity contribution < 1.29 is 9.72 Å². The first-order valence-corrected chi connectivity index (χ1v) is 5.21. The Bertz CT molecular complexity index is 446. The number of nitro benzene ring substituents is 1. The number of nitrogens with one attached hydrogen (secondary N) is 1. The molecule has 0 bridgehead atoms. The molecule has 6 nitrogen and oxygen atoms in total. The summed E-state index contributed by atoms with van der Waals surface area (Å²) in [5.41, 5.74) is 6.25. The van der Waals surface area contributed by atoms with Crippen LogP contribution in [0.3, 0.4) is 0 Å². The van der Waals surface area contributed by atoms with Crippen molar-refractivity contribution in [2.45, 2.75) is 19.9 Å². The van der Waals surface area contributed by atoms with Crippen LogP contribution in [0.5, 0.6) is 0 Å². The molecule has 0 spiro atoms. The van der Waals surface area contributed by atoms with E-state index in [1.165, 1.54) is 18.2 Å². The standard InChI is InChI=1S/C11H15N3O3/c1-7-5-9(3-4-10(7)14(16)17)11(15)13-8(2)6-12/h3-5,8H,6,12H2,1-2H3,(H,13,15)/t8-/m0/s1. The first kappa shape index (κ1) is 13.1. The van der Waals surface area contributed by atoms with Gasteiger partial charge in [-0.3, -0.25) is 14.9 Å². The van der Waals surface area contributed by atoms with E-state index < -0.39 is 4.92 Å². The number of carbonyl (C=O) groups is 1. The molecule has 3 N–H and O–H groups in total. The zero-order valence-electron chi connectivity index (χ0n) is 9.77. The fraction of sp³-hybridized carbons (Fsp3) is 0.364. The summed E-state index contributed by atoms with van der Waals surface area (Å²) in [7, 11) is 0. The van der Waals surface area contributed by atoms with Gasteiger partial charge in [-0.25, -0.2) is 0 Å². The van der Waals surface area contributed by atoms with E-state index in [1.54, 1.807) is 13.8 Å². The molecule has 0 aliphatic heterocycles. The zero-order valence-corrected chi connectivity index (χ0v) is 9.77. The largest absolute Gasteiger partial charge is 0.348 e. The number of hydrogen-bond donors (Lipinski definition) is 2. The minimum atomic E-state index is -0.473. The molecular weight excluding hydrogens is 222 g/mol. The molecule has 0 saturated heterocycles. The number of amides is 1. The number of carbonyl (C=O) groups excluding carboxylic acids is 1. The van der Waals surface area contributed by atoms with Crippen LogP contribution in [0.25, 0.3) is 0 Å². The molecule has 0 fully saturated rings. The van der Waals surface area contributed by atoms with Gasteiger partial charge in [0.1, 0.15) is 0 Å². The molecule has 1 aromatic rings. The lowest BCUT2D eigenvalue weighted by atomic mass is 10.1. The van der Waals surface area contributed by atoms with Gasteiger partial charge >= 0.3 is 0 Å². The van der Waals surface area contributed by atoms with Crippen molar-refractivity contribution >= 4 is 11.6 Å². The Labute approximate surface area is 99.0 Å². The highest BCUT2D eigenvalue weighted by atomic mass is 16.6. The first-order valence-electron chi connectivity index (χ1n) is 5.21. The average Bonchev–Trinajstić information content (AvgIpc) is 2.28. The molecule has 0 radical (unpaired) electrons. The molecule has 0 aromatic heterocycles. The highest BCUT2D eigenvalue weighted by molar-refractivity contribution is 5.94. The molecule has 0 aliphatic rings. The zero-order chi connectivity index (χ0) is 13.0. The Morgan fingerprint density at radius 2 is 2.24 bits per heavy atom. The van der Waals surface area contributed by atoms with Gasteiger partial charge in [-0.2, -0.15) is 0 Å². The summed E-state index contributed by atoms with van der Waals surface area (Å²) in [6, 6.07) is 4.13. The van der Waals surface area contributed by atoms with Crippen LogP contribution >= 0.6 is 0 Å². The maximum absolute atomic E-state index is 11.7. The maximum Gasteiger partial charge on any atom is 0.272 e. The molecule has 6 heteroatoms. The normalized spacial score (nSPS) is 11.9. The third-order valence-electron chi connectivity index (χ3n) is 2.39. The van der Waals surface area contributed by atoms with E-state index in [-0.39, 0.29) is 17.6 Å². The summed E-state index contributed by atoms with van der Waals surface area (Å²) >= 11 is 0. The molecule has 1 amide bonds. The number of benzene rings is 1. The van der Waals surface area contributed by atoms with Crippen molar-refractivity contribution in [3.63, 3.8) is 0 Å². The fourth-order valence-electron chi connectivity index (χ4n) is 1.37. The highest BCUT2D eigenvalue weighted by Crippen LogP contribution is 2.18. The Morgan fingerprint density at radius 3 is 2.71 bits per heavy atom. The second-order valence-electron chi connectivity index (χ2n) is 3.87. The van der Waals surface area contributed by atoms with E-state index in [9.17, 15) is 14.9 Å². The van der Waals surface area contributed by atoms with Crippen molar-refractivity contribution in [1.29, 1.82) is 0 Å². The molecule has 0 unspecified atom stereocenters. The lowest BCUT2D eigenvalue weighted by molar-refractivity contribution is -0.385. The second kappa shape index (κ2) is 5.40. The van der Waals surface area contributed by atoms with E-state index in [0.29, 0.717) is 17.7 Å². The maximum atomic E-state index is 11.7. The minimum absolute atomic E-state index is 0.00780. The molecule has 0 heterocycles. The van der Waals surface area contributed by atoms with Crippen LogP contribution in [0.2, 0.25) is 0 Å². The van der Waals surface area contributed by atoms with Gasteiger partial charge in [-0.05, 0) is 26.0 Å². The number of nitrogens with two attached hydrogens (primary N) is 1. The van der Waals surface area contributed by atoms with Crippen molar-refractivity contribution in [2.24, 2.45) is 5.73 Å². The lowest BCUT2D eigenvalue weighted by Gasteiger charge is -2.11. The van der Waals surface area contributed by atoms with Crippen LogP contribution in [0.1, 0.15) is 22.8 Å². The predicted octanol–water partition coefficient (Wildman–Crippen LogP) is 0.980. The SMILES string of the molecule is Cc1cc(C(=O)N[C@@H](C)CN)ccc1[N+](=O)[O-]. The van der Waals surface area contributed by atoms with Crippen LogP contribution in [0.15, 0.2) is 18.2 Å². The van der Waals surface area contributed by atoms with Crippen molar-refractivity contribution in [1.82, 2.24) is 5.32 Å². The third-order valence-corrected chi connectivity index (χ3v) is 2.39. The smallest absolute Gasteiger partial charge is 0.272 e. The number of nitro groups is 1. The van der Waals surface area contributed by atoms with Gasteiger partial charge in [-0.15, -0.1) is 0 Å². The van der Waals surface area contributed by atoms with E-state index in [4.69, 9.17) is 5.73 Å². The second-order valence-corrected chi connectivity index (χ2v) is 3.87. The average molecular weight is 237 g/mol. The number of nitrogens with zero attached hydrogens (tertiary/aromatic N) is 1. The monoisotopic (exact) mass is 237 g/mol. The summed E-state index contributed by atoms with van der Waals surface area (Å²) in [6.07, 6.45) is 0. The van der Waals surface area contributed by atoms with Crippen LogP contribution in [-0.4, -0.2) is 23.4 Å². The van der Waals surface area contributed by atoms with Crippen LogP contribution in [0.4, 0.5) is 5.69 Å². The Hall–Kier alpha value is -1.95. The lowest BCUT2D eigenvalue weighted by Crippen LogP contribution is -2.37. The van der Waals surface area contributed by atoms with Crippen LogP contribution in [0, 0.1) is 17.0 Å². The highest BCUT2D eigenvalue weighted by Gasteiger charge is 2.14. The van der Waals surface area contributed by atoms with Gasteiger partial charge in [0.2, 0.25) is 0 Å². The molecule has 0 saturated carbocycles. The summed E-state index contributed by atoms with van der Waals surface area (Å²) in [5, 5.41) is 13.3. The topological polar surface area (TPSA) is 98.3 Å². The Kier molecular flexibility index (Phi) is 4.17. The van der Waals surface area contributed by atoms with Crippen LogP contribution < -0.4 is 11.1 Å². The van der Waals surface area contributed by atoms with Gasteiger partial charge in [-0.1, -0.05) is 0 Å². The van der Waals surface area contributed by atoms with Gasteiger partial charge in [0.05, 0.1) is 4.92 Å². The minimum Gasteiger partial charge on any atom is -0.348 e. The quantitative estimate of drug-likeness (QED) is 0.602. The third kappa shape index (κ3) is 3.25.